The molecule has 1 fully saturated rings. The summed E-state index contributed by atoms with van der Waals surface area (Å²) in [6.45, 7) is 7.29. The molecule has 1 aromatic heterocycles. The Balaban J connectivity index is 2.01. The fourth-order valence-corrected chi connectivity index (χ4v) is 5.42. The number of Topliss-reactive ketones (excluding diaryl/α,β-unsaturated/α-hetero) is 1. The second-order valence-electron chi connectivity index (χ2n) is 5.50. The van der Waals surface area contributed by atoms with Crippen molar-refractivity contribution in [1.82, 2.24) is 14.8 Å². The van der Waals surface area contributed by atoms with E-state index in [1.165, 1.54) is 0 Å². The van der Waals surface area contributed by atoms with Crippen LogP contribution in [0.2, 0.25) is 0 Å². The summed E-state index contributed by atoms with van der Waals surface area (Å²) in [6, 6.07) is 0. The second-order valence-corrected chi connectivity index (χ2v) is 8.10. The molecule has 0 N–H and O–H groups in total. The Kier molecular flexibility index (Phi) is 5.96. The van der Waals surface area contributed by atoms with Crippen LogP contribution in [0.3, 0.4) is 0 Å². The molecule has 1 aliphatic rings. The van der Waals surface area contributed by atoms with Gasteiger partial charge in [-0.15, -0.1) is 11.8 Å². The molecule has 1 aliphatic heterocycles. The Morgan fingerprint density at radius 3 is 2.90 bits per heavy atom. The SMILES string of the molecule is CCC1SCCSC1C(=O)Cc1ncnn1CC(C)C. The number of carbonyl (C=O) groups is 1. The van der Waals surface area contributed by atoms with Crippen LogP contribution in [-0.2, 0) is 17.8 Å². The van der Waals surface area contributed by atoms with E-state index in [4.69, 9.17) is 0 Å². The van der Waals surface area contributed by atoms with Gasteiger partial charge in [-0.25, -0.2) is 9.67 Å². The van der Waals surface area contributed by atoms with E-state index in [1.807, 2.05) is 28.2 Å². The van der Waals surface area contributed by atoms with Crippen LogP contribution in [0.1, 0.15) is 33.0 Å². The van der Waals surface area contributed by atoms with Crippen molar-refractivity contribution in [2.45, 2.75) is 50.7 Å². The zero-order chi connectivity index (χ0) is 14.5. The summed E-state index contributed by atoms with van der Waals surface area (Å²) in [5, 5.41) is 4.82. The van der Waals surface area contributed by atoms with Crippen LogP contribution >= 0.6 is 23.5 Å². The van der Waals surface area contributed by atoms with Gasteiger partial charge in [0.05, 0.1) is 11.7 Å². The van der Waals surface area contributed by atoms with Crippen LogP contribution in [-0.4, -0.2) is 42.6 Å². The molecule has 0 spiro atoms. The number of ketones is 1. The van der Waals surface area contributed by atoms with Crippen molar-refractivity contribution in [1.29, 1.82) is 0 Å². The van der Waals surface area contributed by atoms with Crippen molar-refractivity contribution in [2.24, 2.45) is 5.92 Å². The number of aromatic nitrogens is 3. The highest BCUT2D eigenvalue weighted by Gasteiger charge is 2.31. The van der Waals surface area contributed by atoms with Gasteiger partial charge >= 0.3 is 0 Å². The molecule has 2 heterocycles. The Bertz CT molecular complexity index is 447. The number of hydrogen-bond acceptors (Lipinski definition) is 5. The molecule has 2 atom stereocenters. The molecule has 0 radical (unpaired) electrons. The normalized spacial score (nSPS) is 23.2. The standard InChI is InChI=1S/C14H23N3OS2/c1-4-12-14(20-6-5-19-12)11(18)7-13-15-9-16-17(13)8-10(2)3/h9-10,12,14H,4-8H2,1-3H3. The van der Waals surface area contributed by atoms with Gasteiger partial charge in [-0.3, -0.25) is 4.79 Å². The van der Waals surface area contributed by atoms with Crippen molar-refractivity contribution in [3.8, 4) is 0 Å². The molecule has 0 amide bonds. The molecule has 0 bridgehead atoms. The molecular weight excluding hydrogens is 290 g/mol. The lowest BCUT2D eigenvalue weighted by Crippen LogP contribution is -2.34. The molecular formula is C14H23N3OS2. The van der Waals surface area contributed by atoms with Gasteiger partial charge in [0.15, 0.2) is 5.78 Å². The third kappa shape index (κ3) is 4.01. The minimum atomic E-state index is 0.128. The van der Waals surface area contributed by atoms with E-state index in [0.717, 1.165) is 30.3 Å². The Morgan fingerprint density at radius 1 is 1.45 bits per heavy atom. The van der Waals surface area contributed by atoms with Crippen molar-refractivity contribution < 1.29 is 4.79 Å². The molecule has 0 aromatic carbocycles. The first kappa shape index (κ1) is 15.9. The van der Waals surface area contributed by atoms with Gasteiger partial charge in [-0.1, -0.05) is 20.8 Å². The maximum absolute atomic E-state index is 12.6. The number of nitrogens with zero attached hydrogens (tertiary/aromatic N) is 3. The van der Waals surface area contributed by atoms with Crippen molar-refractivity contribution in [3.05, 3.63) is 12.2 Å². The number of hydrogen-bond donors (Lipinski definition) is 0. The average molecular weight is 313 g/mol. The number of rotatable bonds is 6. The van der Waals surface area contributed by atoms with Crippen LogP contribution in [0.5, 0.6) is 0 Å². The van der Waals surface area contributed by atoms with Gasteiger partial charge in [0.1, 0.15) is 12.2 Å². The first-order valence-corrected chi connectivity index (χ1v) is 9.34. The van der Waals surface area contributed by atoms with Gasteiger partial charge in [0.25, 0.3) is 0 Å². The highest BCUT2D eigenvalue weighted by atomic mass is 32.2. The van der Waals surface area contributed by atoms with Crippen LogP contribution < -0.4 is 0 Å². The Hall–Kier alpha value is -0.490. The largest absolute Gasteiger partial charge is 0.298 e. The minimum absolute atomic E-state index is 0.128. The number of thioether (sulfide) groups is 2. The van der Waals surface area contributed by atoms with Crippen LogP contribution in [0.25, 0.3) is 0 Å². The molecule has 6 heteroatoms. The Labute approximate surface area is 129 Å². The minimum Gasteiger partial charge on any atom is -0.298 e. The molecule has 1 saturated heterocycles. The smallest absolute Gasteiger partial charge is 0.154 e. The fraction of sp³-hybridized carbons (Fsp3) is 0.786. The quantitative estimate of drug-likeness (QED) is 0.808. The summed E-state index contributed by atoms with van der Waals surface area (Å²) >= 11 is 3.76. The van der Waals surface area contributed by atoms with Crippen molar-refractivity contribution in [3.63, 3.8) is 0 Å². The first-order valence-electron chi connectivity index (χ1n) is 7.24. The topological polar surface area (TPSA) is 47.8 Å². The summed E-state index contributed by atoms with van der Waals surface area (Å²) in [7, 11) is 0. The van der Waals surface area contributed by atoms with E-state index < -0.39 is 0 Å². The molecule has 112 valence electrons. The number of carbonyl (C=O) groups excluding carboxylic acids is 1. The van der Waals surface area contributed by atoms with Crippen molar-refractivity contribution in [2.75, 3.05) is 11.5 Å². The van der Waals surface area contributed by atoms with Crippen molar-refractivity contribution >= 4 is 29.3 Å². The van der Waals surface area contributed by atoms with E-state index in [2.05, 4.69) is 30.9 Å². The zero-order valence-electron chi connectivity index (χ0n) is 12.4. The highest BCUT2D eigenvalue weighted by Crippen LogP contribution is 2.34. The predicted molar refractivity (Wildman–Crippen MR) is 86.4 cm³/mol. The van der Waals surface area contributed by atoms with E-state index >= 15 is 0 Å². The van der Waals surface area contributed by atoms with Crippen LogP contribution in [0.4, 0.5) is 0 Å². The summed E-state index contributed by atoms with van der Waals surface area (Å²) < 4.78 is 1.88. The maximum atomic E-state index is 12.6. The lowest BCUT2D eigenvalue weighted by atomic mass is 10.1. The van der Waals surface area contributed by atoms with Gasteiger partial charge in [-0.05, 0) is 12.3 Å². The van der Waals surface area contributed by atoms with Crippen LogP contribution in [0, 0.1) is 5.92 Å². The molecule has 0 saturated carbocycles. The monoisotopic (exact) mass is 313 g/mol. The molecule has 4 nitrogen and oxygen atoms in total. The maximum Gasteiger partial charge on any atom is 0.154 e. The summed E-state index contributed by atoms with van der Waals surface area (Å²) in [5.41, 5.74) is 0. The fourth-order valence-electron chi connectivity index (χ4n) is 2.38. The predicted octanol–water partition coefficient (Wildman–Crippen LogP) is 2.67. The van der Waals surface area contributed by atoms with E-state index in [0.29, 0.717) is 23.4 Å². The first-order chi connectivity index (χ1) is 9.61. The van der Waals surface area contributed by atoms with Gasteiger partial charge < -0.3 is 0 Å². The van der Waals surface area contributed by atoms with E-state index in [-0.39, 0.29) is 5.25 Å². The summed E-state index contributed by atoms with van der Waals surface area (Å²) in [6.07, 6.45) is 3.04. The highest BCUT2D eigenvalue weighted by molar-refractivity contribution is 8.07. The van der Waals surface area contributed by atoms with Crippen LogP contribution in [0.15, 0.2) is 6.33 Å². The Morgan fingerprint density at radius 2 is 2.20 bits per heavy atom. The van der Waals surface area contributed by atoms with E-state index in [1.54, 1.807) is 6.33 Å². The van der Waals surface area contributed by atoms with Gasteiger partial charge in [-0.2, -0.15) is 16.9 Å². The third-order valence-electron chi connectivity index (χ3n) is 3.34. The molecule has 2 rings (SSSR count). The van der Waals surface area contributed by atoms with Gasteiger partial charge in [0, 0.05) is 23.3 Å². The molecule has 2 unspecified atom stereocenters. The third-order valence-corrected chi connectivity index (χ3v) is 6.63. The molecule has 1 aromatic rings. The van der Waals surface area contributed by atoms with E-state index in [9.17, 15) is 4.79 Å². The van der Waals surface area contributed by atoms with Gasteiger partial charge in [0.2, 0.25) is 0 Å². The molecule has 0 aliphatic carbocycles. The average Bonchev–Trinajstić information content (AvgIpc) is 2.85. The zero-order valence-corrected chi connectivity index (χ0v) is 14.0. The molecule has 20 heavy (non-hydrogen) atoms. The second kappa shape index (κ2) is 7.50. The summed E-state index contributed by atoms with van der Waals surface area (Å²) in [4.78, 5) is 16.8. The lowest BCUT2D eigenvalue weighted by Gasteiger charge is -2.28. The lowest BCUT2D eigenvalue weighted by molar-refractivity contribution is -0.118. The summed E-state index contributed by atoms with van der Waals surface area (Å²) in [5.74, 6) is 3.88.